The van der Waals surface area contributed by atoms with Gasteiger partial charge in [-0.15, -0.1) is 0 Å². The van der Waals surface area contributed by atoms with Crippen molar-refractivity contribution < 1.29 is 14.3 Å². The minimum absolute atomic E-state index is 0.0677. The summed E-state index contributed by atoms with van der Waals surface area (Å²) in [4.78, 5) is 15.4. The smallest absolute Gasteiger partial charge is 0.264 e. The van der Waals surface area contributed by atoms with Crippen LogP contribution in [0.15, 0.2) is 72.8 Å². The third kappa shape index (κ3) is 3.61. The Hall–Kier alpha value is -3.80. The average Bonchev–Trinajstić information content (AvgIpc) is 3.05. The van der Waals surface area contributed by atoms with Crippen molar-refractivity contribution in [3.63, 3.8) is 0 Å². The molecule has 2 N–H and O–H groups in total. The van der Waals surface area contributed by atoms with Crippen LogP contribution in [0.3, 0.4) is 0 Å². The van der Waals surface area contributed by atoms with Crippen LogP contribution in [0, 0.1) is 12.3 Å². The molecule has 0 spiro atoms. The van der Waals surface area contributed by atoms with Crippen molar-refractivity contribution >= 4 is 11.9 Å². The predicted octanol–water partition coefficient (Wildman–Crippen LogP) is 3.82. The number of aryl methyl sites for hydroxylation is 1. The fourth-order valence-corrected chi connectivity index (χ4v) is 3.99. The molecule has 0 radical (unpaired) electrons. The minimum atomic E-state index is -1.21. The lowest BCUT2D eigenvalue weighted by molar-refractivity contribution is -0.130. The monoisotopic (exact) mass is 415 g/mol. The summed E-state index contributed by atoms with van der Waals surface area (Å²) in [6.45, 7) is 2.33. The van der Waals surface area contributed by atoms with Crippen molar-refractivity contribution in [3.05, 3.63) is 95.1 Å². The number of ether oxygens (including phenoxy) is 2. The van der Waals surface area contributed by atoms with Gasteiger partial charge in [-0.3, -0.25) is 15.1 Å². The van der Waals surface area contributed by atoms with Gasteiger partial charge in [0.05, 0.1) is 20.8 Å². The van der Waals surface area contributed by atoms with E-state index in [0.717, 1.165) is 22.3 Å². The molecule has 3 aromatic carbocycles. The molecule has 0 atom stereocenters. The van der Waals surface area contributed by atoms with E-state index in [1.165, 1.54) is 4.90 Å². The quantitative estimate of drug-likeness (QED) is 0.642. The van der Waals surface area contributed by atoms with Gasteiger partial charge in [0.1, 0.15) is 11.5 Å². The van der Waals surface area contributed by atoms with Crippen molar-refractivity contribution in [3.8, 4) is 11.5 Å². The van der Waals surface area contributed by atoms with Gasteiger partial charge >= 0.3 is 0 Å². The summed E-state index contributed by atoms with van der Waals surface area (Å²) in [6.07, 6.45) is 0. The molecule has 1 fully saturated rings. The summed E-state index contributed by atoms with van der Waals surface area (Å²) in [5.41, 5.74) is 2.35. The van der Waals surface area contributed by atoms with Crippen molar-refractivity contribution in [1.82, 2.24) is 10.2 Å². The van der Waals surface area contributed by atoms with Crippen LogP contribution in [0.4, 0.5) is 0 Å². The molecule has 1 aliphatic heterocycles. The Bertz CT molecular complexity index is 1060. The first kappa shape index (κ1) is 20.5. The van der Waals surface area contributed by atoms with E-state index in [4.69, 9.17) is 14.9 Å². The number of hydrogen-bond acceptors (Lipinski definition) is 4. The highest BCUT2D eigenvalue weighted by atomic mass is 16.5. The molecule has 0 aromatic heterocycles. The van der Waals surface area contributed by atoms with E-state index in [9.17, 15) is 4.79 Å². The molecule has 1 heterocycles. The Kier molecular flexibility index (Phi) is 5.38. The molecule has 4 rings (SSSR count). The van der Waals surface area contributed by atoms with E-state index in [-0.39, 0.29) is 11.9 Å². The first-order valence-corrected chi connectivity index (χ1v) is 10.0. The van der Waals surface area contributed by atoms with Crippen molar-refractivity contribution in [1.29, 1.82) is 5.41 Å². The van der Waals surface area contributed by atoms with Crippen LogP contribution in [0.1, 0.15) is 22.3 Å². The number of nitrogens with zero attached hydrogens (tertiary/aromatic N) is 1. The lowest BCUT2D eigenvalue weighted by atomic mass is 9.82. The lowest BCUT2D eigenvalue weighted by Gasteiger charge is -2.28. The van der Waals surface area contributed by atoms with E-state index < -0.39 is 5.54 Å². The summed E-state index contributed by atoms with van der Waals surface area (Å²) >= 11 is 0. The second-order valence-electron chi connectivity index (χ2n) is 7.56. The lowest BCUT2D eigenvalue weighted by Crippen LogP contribution is -2.45. The van der Waals surface area contributed by atoms with Crippen molar-refractivity contribution in [2.45, 2.75) is 19.0 Å². The number of carbonyl (C=O) groups is 1. The summed E-state index contributed by atoms with van der Waals surface area (Å²) in [5.74, 6) is 1.27. The van der Waals surface area contributed by atoms with Crippen LogP contribution in [0.25, 0.3) is 0 Å². The van der Waals surface area contributed by atoms with Crippen LogP contribution in [-0.4, -0.2) is 31.0 Å². The number of benzene rings is 3. The molecular weight excluding hydrogens is 390 g/mol. The third-order valence-corrected chi connectivity index (χ3v) is 5.61. The van der Waals surface area contributed by atoms with Crippen molar-refractivity contribution in [2.75, 3.05) is 14.2 Å². The Labute approximate surface area is 181 Å². The Morgan fingerprint density at radius 1 is 0.903 bits per heavy atom. The molecule has 3 aromatic rings. The Morgan fingerprint density at radius 2 is 1.45 bits per heavy atom. The zero-order chi connectivity index (χ0) is 22.0. The minimum Gasteiger partial charge on any atom is -0.497 e. The van der Waals surface area contributed by atoms with Crippen LogP contribution >= 0.6 is 0 Å². The third-order valence-electron chi connectivity index (χ3n) is 5.61. The highest BCUT2D eigenvalue weighted by Gasteiger charge is 2.52. The standard InChI is InChI=1S/C25H25N3O3/c1-17-5-4-6-18(15-17)16-28-23(29)25(27-24(28)26,19-7-11-21(30-2)12-8-19)20-9-13-22(31-3)14-10-20/h4-15H,16H2,1-3H3,(H2,26,27). The topological polar surface area (TPSA) is 74.7 Å². The summed E-state index contributed by atoms with van der Waals surface area (Å²) < 4.78 is 10.6. The summed E-state index contributed by atoms with van der Waals surface area (Å²) in [5, 5.41) is 11.8. The molecule has 0 aliphatic carbocycles. The van der Waals surface area contributed by atoms with E-state index in [1.807, 2.05) is 79.7 Å². The second kappa shape index (κ2) is 8.14. The largest absolute Gasteiger partial charge is 0.497 e. The molecule has 1 aliphatic rings. The zero-order valence-electron chi connectivity index (χ0n) is 17.8. The van der Waals surface area contributed by atoms with E-state index >= 15 is 0 Å². The predicted molar refractivity (Wildman–Crippen MR) is 119 cm³/mol. The van der Waals surface area contributed by atoms with Crippen molar-refractivity contribution in [2.24, 2.45) is 0 Å². The van der Waals surface area contributed by atoms with E-state index in [0.29, 0.717) is 18.0 Å². The molecule has 6 heteroatoms. The van der Waals surface area contributed by atoms with Gasteiger partial charge in [0.25, 0.3) is 5.91 Å². The van der Waals surface area contributed by atoms with Gasteiger partial charge < -0.3 is 14.8 Å². The Morgan fingerprint density at radius 3 is 1.94 bits per heavy atom. The number of methoxy groups -OCH3 is 2. The highest BCUT2D eigenvalue weighted by molar-refractivity contribution is 6.10. The average molecular weight is 415 g/mol. The number of guanidine groups is 1. The van der Waals surface area contributed by atoms with E-state index in [2.05, 4.69) is 5.32 Å². The first-order valence-electron chi connectivity index (χ1n) is 10.0. The van der Waals surface area contributed by atoms with Gasteiger partial charge in [-0.25, -0.2) is 0 Å². The number of hydrogen-bond donors (Lipinski definition) is 2. The molecular formula is C25H25N3O3. The molecule has 1 amide bonds. The molecule has 1 saturated heterocycles. The summed E-state index contributed by atoms with van der Waals surface area (Å²) in [7, 11) is 3.21. The number of carbonyl (C=O) groups excluding carboxylic acids is 1. The number of amides is 1. The van der Waals surface area contributed by atoms with Crippen LogP contribution in [0.2, 0.25) is 0 Å². The van der Waals surface area contributed by atoms with Crippen LogP contribution in [0.5, 0.6) is 11.5 Å². The number of rotatable bonds is 6. The molecule has 0 unspecified atom stereocenters. The fourth-order valence-electron chi connectivity index (χ4n) is 3.99. The molecule has 0 saturated carbocycles. The molecule has 31 heavy (non-hydrogen) atoms. The van der Waals surface area contributed by atoms with Gasteiger partial charge in [-0.1, -0.05) is 54.1 Å². The maximum atomic E-state index is 13.9. The van der Waals surface area contributed by atoms with E-state index in [1.54, 1.807) is 14.2 Å². The van der Waals surface area contributed by atoms with Gasteiger partial charge in [-0.05, 0) is 47.9 Å². The molecule has 0 bridgehead atoms. The first-order chi connectivity index (χ1) is 15.0. The van der Waals surface area contributed by atoms with Gasteiger partial charge in [0.15, 0.2) is 11.5 Å². The molecule has 6 nitrogen and oxygen atoms in total. The SMILES string of the molecule is COc1ccc(C2(c3ccc(OC)cc3)NC(=N)N(Cc3cccc(C)c3)C2=O)cc1. The maximum absolute atomic E-state index is 13.9. The van der Waals surface area contributed by atoms with Crippen LogP contribution < -0.4 is 14.8 Å². The van der Waals surface area contributed by atoms with Gasteiger partial charge in [-0.2, -0.15) is 0 Å². The number of nitrogens with one attached hydrogen (secondary N) is 2. The van der Waals surface area contributed by atoms with Gasteiger partial charge in [0.2, 0.25) is 0 Å². The van der Waals surface area contributed by atoms with Gasteiger partial charge in [0, 0.05) is 0 Å². The normalized spacial score (nSPS) is 15.0. The fraction of sp³-hybridized carbons (Fsp3) is 0.200. The molecule has 158 valence electrons. The summed E-state index contributed by atoms with van der Waals surface area (Å²) in [6, 6.07) is 22.7. The Balaban J connectivity index is 1.80. The highest BCUT2D eigenvalue weighted by Crippen LogP contribution is 2.37. The maximum Gasteiger partial charge on any atom is 0.264 e. The second-order valence-corrected chi connectivity index (χ2v) is 7.56. The zero-order valence-corrected chi connectivity index (χ0v) is 17.8. The van der Waals surface area contributed by atoms with Crippen LogP contribution in [-0.2, 0) is 16.9 Å².